The minimum atomic E-state index is -0.124. The van der Waals surface area contributed by atoms with Gasteiger partial charge in [0.2, 0.25) is 0 Å². The van der Waals surface area contributed by atoms with Gasteiger partial charge >= 0.3 is 0 Å². The van der Waals surface area contributed by atoms with Crippen LogP contribution in [0.3, 0.4) is 0 Å². The predicted octanol–water partition coefficient (Wildman–Crippen LogP) is 2.83. The Labute approximate surface area is 118 Å². The zero-order valence-electron chi connectivity index (χ0n) is 11.8. The van der Waals surface area contributed by atoms with Crippen LogP contribution in [0, 0.1) is 6.92 Å². The average molecular weight is 271 g/mol. The third kappa shape index (κ3) is 2.45. The quantitative estimate of drug-likeness (QED) is 0.686. The summed E-state index contributed by atoms with van der Waals surface area (Å²) >= 11 is 0. The Morgan fingerprint density at radius 3 is 2.20 bits per heavy atom. The van der Waals surface area contributed by atoms with Crippen LogP contribution in [0.5, 0.6) is 11.5 Å². The molecule has 0 spiro atoms. The topological polar surface area (TPSA) is 61.5 Å². The van der Waals surface area contributed by atoms with Crippen molar-refractivity contribution in [2.45, 2.75) is 6.92 Å². The number of carbonyl (C=O) groups is 1. The second-order valence-electron chi connectivity index (χ2n) is 4.44. The first-order chi connectivity index (χ1) is 9.58. The highest BCUT2D eigenvalue weighted by atomic mass is 16.5. The van der Waals surface area contributed by atoms with Crippen molar-refractivity contribution in [1.82, 2.24) is 0 Å². The van der Waals surface area contributed by atoms with Gasteiger partial charge < -0.3 is 15.2 Å². The molecule has 0 aromatic heterocycles. The first-order valence-corrected chi connectivity index (χ1v) is 6.20. The molecule has 2 aromatic rings. The summed E-state index contributed by atoms with van der Waals surface area (Å²) in [6.07, 6.45) is 0. The molecule has 0 unspecified atom stereocenters. The first-order valence-electron chi connectivity index (χ1n) is 6.20. The molecule has 0 radical (unpaired) electrons. The summed E-state index contributed by atoms with van der Waals surface area (Å²) in [5, 5.41) is 0. The standard InChI is InChI=1S/C16H17NO3/c1-10-8-14(19-2)15(20-3)9-12(10)16(18)11-6-4-5-7-13(11)17/h4-9H,17H2,1-3H3. The van der Waals surface area contributed by atoms with Crippen LogP contribution in [-0.4, -0.2) is 20.0 Å². The average Bonchev–Trinajstić information content (AvgIpc) is 2.46. The van der Waals surface area contributed by atoms with Gasteiger partial charge in [0.25, 0.3) is 0 Å². The highest BCUT2D eigenvalue weighted by Gasteiger charge is 2.17. The van der Waals surface area contributed by atoms with Crippen LogP contribution >= 0.6 is 0 Å². The monoisotopic (exact) mass is 271 g/mol. The van der Waals surface area contributed by atoms with E-state index in [0.717, 1.165) is 5.56 Å². The molecule has 0 aliphatic rings. The zero-order chi connectivity index (χ0) is 14.7. The van der Waals surface area contributed by atoms with E-state index in [2.05, 4.69) is 0 Å². The number of aryl methyl sites for hydroxylation is 1. The molecule has 0 aliphatic heterocycles. The molecule has 2 rings (SSSR count). The van der Waals surface area contributed by atoms with Gasteiger partial charge in [0.05, 0.1) is 14.2 Å². The maximum atomic E-state index is 12.6. The molecule has 2 aromatic carbocycles. The number of rotatable bonds is 4. The van der Waals surface area contributed by atoms with Crippen molar-refractivity contribution < 1.29 is 14.3 Å². The lowest BCUT2D eigenvalue weighted by Crippen LogP contribution is -2.07. The Kier molecular flexibility index (Phi) is 3.94. The van der Waals surface area contributed by atoms with E-state index in [-0.39, 0.29) is 5.78 Å². The Hall–Kier alpha value is -2.49. The van der Waals surface area contributed by atoms with Crippen molar-refractivity contribution in [1.29, 1.82) is 0 Å². The summed E-state index contributed by atoms with van der Waals surface area (Å²) in [4.78, 5) is 12.6. The highest BCUT2D eigenvalue weighted by Crippen LogP contribution is 2.31. The van der Waals surface area contributed by atoms with Gasteiger partial charge in [-0.15, -0.1) is 0 Å². The van der Waals surface area contributed by atoms with Crippen LogP contribution in [0.4, 0.5) is 5.69 Å². The Morgan fingerprint density at radius 2 is 1.60 bits per heavy atom. The second-order valence-corrected chi connectivity index (χ2v) is 4.44. The van der Waals surface area contributed by atoms with Gasteiger partial charge in [0, 0.05) is 16.8 Å². The molecule has 0 amide bonds. The fourth-order valence-electron chi connectivity index (χ4n) is 2.07. The molecule has 0 aliphatic carbocycles. The van der Waals surface area contributed by atoms with Crippen molar-refractivity contribution in [3.63, 3.8) is 0 Å². The summed E-state index contributed by atoms with van der Waals surface area (Å²) in [7, 11) is 3.10. The van der Waals surface area contributed by atoms with Crippen LogP contribution < -0.4 is 15.2 Å². The van der Waals surface area contributed by atoms with Crippen LogP contribution in [0.25, 0.3) is 0 Å². The van der Waals surface area contributed by atoms with Crippen molar-refractivity contribution in [2.75, 3.05) is 20.0 Å². The predicted molar refractivity (Wildman–Crippen MR) is 78.6 cm³/mol. The molecule has 2 N–H and O–H groups in total. The van der Waals surface area contributed by atoms with E-state index in [4.69, 9.17) is 15.2 Å². The summed E-state index contributed by atoms with van der Waals surface area (Å²) in [6.45, 7) is 1.86. The first kappa shape index (κ1) is 13.9. The van der Waals surface area contributed by atoms with Crippen LogP contribution in [0.1, 0.15) is 21.5 Å². The summed E-state index contributed by atoms with van der Waals surface area (Å²) < 4.78 is 10.5. The van der Waals surface area contributed by atoms with Crippen LogP contribution in [-0.2, 0) is 0 Å². The highest BCUT2D eigenvalue weighted by molar-refractivity contribution is 6.13. The van der Waals surface area contributed by atoms with Gasteiger partial charge in [-0.2, -0.15) is 0 Å². The van der Waals surface area contributed by atoms with E-state index in [0.29, 0.717) is 28.3 Å². The van der Waals surface area contributed by atoms with Gasteiger partial charge in [0.15, 0.2) is 17.3 Å². The van der Waals surface area contributed by atoms with E-state index >= 15 is 0 Å². The summed E-state index contributed by atoms with van der Waals surface area (Å²) in [5.74, 6) is 1.00. The summed E-state index contributed by atoms with van der Waals surface area (Å²) in [5.41, 5.74) is 8.18. The van der Waals surface area contributed by atoms with Crippen molar-refractivity contribution in [3.8, 4) is 11.5 Å². The molecule has 4 heteroatoms. The molecule has 0 heterocycles. The number of ether oxygens (including phenoxy) is 2. The molecule has 0 atom stereocenters. The number of benzene rings is 2. The van der Waals surface area contributed by atoms with E-state index in [1.807, 2.05) is 6.92 Å². The van der Waals surface area contributed by atoms with Crippen LogP contribution in [0.15, 0.2) is 36.4 Å². The zero-order valence-corrected chi connectivity index (χ0v) is 11.8. The fraction of sp³-hybridized carbons (Fsp3) is 0.188. The fourth-order valence-corrected chi connectivity index (χ4v) is 2.07. The third-order valence-electron chi connectivity index (χ3n) is 3.18. The van der Waals surface area contributed by atoms with E-state index in [9.17, 15) is 4.79 Å². The molecule has 104 valence electrons. The summed E-state index contributed by atoms with van der Waals surface area (Å²) in [6, 6.07) is 10.5. The van der Waals surface area contributed by atoms with Gasteiger partial charge in [-0.1, -0.05) is 12.1 Å². The molecule has 4 nitrogen and oxygen atoms in total. The Balaban J connectivity index is 2.53. The van der Waals surface area contributed by atoms with E-state index in [1.165, 1.54) is 0 Å². The minimum absolute atomic E-state index is 0.124. The normalized spacial score (nSPS) is 10.2. The Bertz CT molecular complexity index is 650. The van der Waals surface area contributed by atoms with Crippen LogP contribution in [0.2, 0.25) is 0 Å². The number of nitrogens with two attached hydrogens (primary N) is 1. The molecule has 0 bridgehead atoms. The second kappa shape index (κ2) is 5.65. The number of nitrogen functional groups attached to an aromatic ring is 1. The van der Waals surface area contributed by atoms with E-state index < -0.39 is 0 Å². The number of hydrogen-bond acceptors (Lipinski definition) is 4. The lowest BCUT2D eigenvalue weighted by Gasteiger charge is -2.12. The third-order valence-corrected chi connectivity index (χ3v) is 3.18. The minimum Gasteiger partial charge on any atom is -0.493 e. The van der Waals surface area contributed by atoms with Crippen molar-refractivity contribution in [2.24, 2.45) is 0 Å². The van der Waals surface area contributed by atoms with Gasteiger partial charge in [0.1, 0.15) is 0 Å². The molecular formula is C16H17NO3. The largest absolute Gasteiger partial charge is 0.493 e. The number of ketones is 1. The van der Waals surface area contributed by atoms with E-state index in [1.54, 1.807) is 50.6 Å². The number of anilines is 1. The number of para-hydroxylation sites is 1. The van der Waals surface area contributed by atoms with Crippen molar-refractivity contribution >= 4 is 11.5 Å². The lowest BCUT2D eigenvalue weighted by molar-refractivity contribution is 0.103. The van der Waals surface area contributed by atoms with Gasteiger partial charge in [-0.3, -0.25) is 4.79 Å². The number of carbonyl (C=O) groups excluding carboxylic acids is 1. The maximum Gasteiger partial charge on any atom is 0.195 e. The van der Waals surface area contributed by atoms with Gasteiger partial charge in [-0.25, -0.2) is 0 Å². The van der Waals surface area contributed by atoms with Crippen molar-refractivity contribution in [3.05, 3.63) is 53.1 Å². The number of hydrogen-bond donors (Lipinski definition) is 1. The maximum absolute atomic E-state index is 12.6. The molecule has 0 fully saturated rings. The molecule has 0 saturated heterocycles. The SMILES string of the molecule is COc1cc(C)c(C(=O)c2ccccc2N)cc1OC. The number of methoxy groups -OCH3 is 2. The lowest BCUT2D eigenvalue weighted by atomic mass is 9.97. The smallest absolute Gasteiger partial charge is 0.195 e. The molecular weight excluding hydrogens is 254 g/mol. The van der Waals surface area contributed by atoms with Gasteiger partial charge in [-0.05, 0) is 36.8 Å². The molecule has 20 heavy (non-hydrogen) atoms. The Morgan fingerprint density at radius 1 is 1.00 bits per heavy atom. The molecule has 0 saturated carbocycles.